The van der Waals surface area contributed by atoms with Crippen LogP contribution in [0.15, 0.2) is 23.2 Å². The van der Waals surface area contributed by atoms with Crippen molar-refractivity contribution >= 4 is 27.4 Å². The molecule has 0 atom stereocenters. The molecule has 0 aliphatic heterocycles. The fourth-order valence-electron chi connectivity index (χ4n) is 1.28. The zero-order valence-electron chi connectivity index (χ0n) is 7.57. The number of nitrogens with zero attached hydrogens (tertiary/aromatic N) is 3. The lowest BCUT2D eigenvalue weighted by Crippen LogP contribution is -1.95. The summed E-state index contributed by atoms with van der Waals surface area (Å²) in [6.45, 7) is 1.55. The third-order valence-electron chi connectivity index (χ3n) is 1.80. The van der Waals surface area contributed by atoms with Gasteiger partial charge in [0.1, 0.15) is 12.1 Å². The minimum atomic E-state index is 0.109. The number of hydrogen-bond donors (Lipinski definition) is 0. The average molecular weight is 254 g/mol. The minimum absolute atomic E-state index is 0.109. The van der Waals surface area contributed by atoms with Crippen LogP contribution in [0, 0.1) is 0 Å². The summed E-state index contributed by atoms with van der Waals surface area (Å²) in [7, 11) is 0. The van der Waals surface area contributed by atoms with Crippen LogP contribution in [0.2, 0.25) is 0 Å². The number of ketones is 1. The van der Waals surface area contributed by atoms with Crippen molar-refractivity contribution in [1.29, 1.82) is 0 Å². The van der Waals surface area contributed by atoms with Gasteiger partial charge in [-0.05, 0) is 22.9 Å². The van der Waals surface area contributed by atoms with Crippen LogP contribution in [0.3, 0.4) is 0 Å². The summed E-state index contributed by atoms with van der Waals surface area (Å²) in [6.07, 6.45) is 5.53. The van der Waals surface area contributed by atoms with Gasteiger partial charge in [-0.2, -0.15) is 0 Å². The second-order valence-electron chi connectivity index (χ2n) is 3.08. The molecule has 0 radical (unpaired) electrons. The van der Waals surface area contributed by atoms with Crippen molar-refractivity contribution < 1.29 is 4.79 Å². The zero-order chi connectivity index (χ0) is 10.1. The average Bonchev–Trinajstić information content (AvgIpc) is 2.47. The van der Waals surface area contributed by atoms with Gasteiger partial charge in [0.25, 0.3) is 0 Å². The normalized spacial score (nSPS) is 10.7. The molecular weight excluding hydrogens is 246 g/mol. The first-order chi connectivity index (χ1) is 6.66. The minimum Gasteiger partial charge on any atom is -0.300 e. The number of imidazole rings is 1. The van der Waals surface area contributed by atoms with Gasteiger partial charge < -0.3 is 0 Å². The fraction of sp³-hybridized carbons (Fsp3) is 0.222. The van der Waals surface area contributed by atoms with Crippen LogP contribution in [0.1, 0.15) is 12.6 Å². The standard InChI is InChI=1S/C9H8BrN3O/c1-6(14)2-7-4-13-5-11-3-8(10)9(13)12-7/h3-5H,2H2,1H3. The number of fused-ring (bicyclic) bond motifs is 1. The fourth-order valence-corrected chi connectivity index (χ4v) is 1.69. The predicted octanol–water partition coefficient (Wildman–Crippen LogP) is 1.62. The van der Waals surface area contributed by atoms with Gasteiger partial charge >= 0.3 is 0 Å². The van der Waals surface area contributed by atoms with Crippen molar-refractivity contribution in [2.45, 2.75) is 13.3 Å². The van der Waals surface area contributed by atoms with E-state index >= 15 is 0 Å². The van der Waals surface area contributed by atoms with Gasteiger partial charge in [0.05, 0.1) is 10.2 Å². The molecule has 5 heteroatoms. The van der Waals surface area contributed by atoms with Gasteiger partial charge in [-0.25, -0.2) is 9.97 Å². The van der Waals surface area contributed by atoms with Gasteiger partial charge in [-0.3, -0.25) is 9.20 Å². The number of aromatic nitrogens is 3. The van der Waals surface area contributed by atoms with E-state index in [1.807, 2.05) is 6.20 Å². The van der Waals surface area contributed by atoms with Crippen LogP contribution < -0.4 is 0 Å². The summed E-state index contributed by atoms with van der Waals surface area (Å²) < 4.78 is 2.62. The molecule has 0 saturated heterocycles. The van der Waals surface area contributed by atoms with Gasteiger partial charge in [-0.1, -0.05) is 0 Å². The number of hydrogen-bond acceptors (Lipinski definition) is 3. The maximum atomic E-state index is 10.9. The van der Waals surface area contributed by atoms with Crippen molar-refractivity contribution in [3.05, 3.63) is 28.9 Å². The molecule has 14 heavy (non-hydrogen) atoms. The van der Waals surface area contributed by atoms with Crippen LogP contribution in [0.25, 0.3) is 5.65 Å². The van der Waals surface area contributed by atoms with Gasteiger partial charge in [-0.15, -0.1) is 0 Å². The van der Waals surface area contributed by atoms with E-state index in [2.05, 4.69) is 25.9 Å². The summed E-state index contributed by atoms with van der Waals surface area (Å²) in [5, 5.41) is 0. The molecule has 0 unspecified atom stereocenters. The Kier molecular flexibility index (Phi) is 2.33. The van der Waals surface area contributed by atoms with E-state index in [1.54, 1.807) is 23.8 Å². The molecule has 0 fully saturated rings. The van der Waals surface area contributed by atoms with E-state index < -0.39 is 0 Å². The highest BCUT2D eigenvalue weighted by atomic mass is 79.9. The Labute approximate surface area is 89.1 Å². The van der Waals surface area contributed by atoms with Crippen molar-refractivity contribution in [3.63, 3.8) is 0 Å². The Morgan fingerprint density at radius 1 is 1.64 bits per heavy atom. The molecule has 0 spiro atoms. The smallest absolute Gasteiger partial charge is 0.154 e. The van der Waals surface area contributed by atoms with Crippen LogP contribution in [0.4, 0.5) is 0 Å². The third-order valence-corrected chi connectivity index (χ3v) is 2.36. The second kappa shape index (κ2) is 3.49. The largest absolute Gasteiger partial charge is 0.300 e. The molecule has 2 heterocycles. The van der Waals surface area contributed by atoms with Crippen LogP contribution in [0.5, 0.6) is 0 Å². The maximum absolute atomic E-state index is 10.9. The first-order valence-corrected chi connectivity index (χ1v) is 4.92. The van der Waals surface area contributed by atoms with Crippen molar-refractivity contribution in [3.8, 4) is 0 Å². The van der Waals surface area contributed by atoms with Crippen molar-refractivity contribution in [2.24, 2.45) is 0 Å². The number of Topliss-reactive ketones (excluding diaryl/α,β-unsaturated/α-hetero) is 1. The molecular formula is C9H8BrN3O. The Bertz CT molecular complexity index is 492. The molecule has 72 valence electrons. The number of carbonyl (C=O) groups excluding carboxylic acids is 1. The molecule has 2 rings (SSSR count). The summed E-state index contributed by atoms with van der Waals surface area (Å²) >= 11 is 3.35. The molecule has 0 amide bonds. The molecule has 0 N–H and O–H groups in total. The van der Waals surface area contributed by atoms with E-state index in [0.29, 0.717) is 6.42 Å². The van der Waals surface area contributed by atoms with Crippen molar-refractivity contribution in [1.82, 2.24) is 14.4 Å². The molecule has 2 aromatic rings. The number of halogens is 1. The molecule has 0 aromatic carbocycles. The molecule has 0 bridgehead atoms. The molecule has 2 aromatic heterocycles. The number of carbonyl (C=O) groups is 1. The molecule has 4 nitrogen and oxygen atoms in total. The van der Waals surface area contributed by atoms with E-state index in [-0.39, 0.29) is 5.78 Å². The highest BCUT2D eigenvalue weighted by molar-refractivity contribution is 9.10. The lowest BCUT2D eigenvalue weighted by Gasteiger charge is -1.91. The van der Waals surface area contributed by atoms with Crippen LogP contribution in [-0.4, -0.2) is 20.2 Å². The molecule has 0 aliphatic rings. The second-order valence-corrected chi connectivity index (χ2v) is 3.94. The van der Waals surface area contributed by atoms with E-state index in [1.165, 1.54) is 0 Å². The van der Waals surface area contributed by atoms with Crippen molar-refractivity contribution in [2.75, 3.05) is 0 Å². The zero-order valence-corrected chi connectivity index (χ0v) is 9.15. The quantitative estimate of drug-likeness (QED) is 0.818. The topological polar surface area (TPSA) is 47.3 Å². The Morgan fingerprint density at radius 3 is 3.07 bits per heavy atom. The highest BCUT2D eigenvalue weighted by Gasteiger charge is 2.06. The molecule has 0 saturated carbocycles. The predicted molar refractivity (Wildman–Crippen MR) is 55.1 cm³/mol. The summed E-state index contributed by atoms with van der Waals surface area (Å²) in [5.41, 5.74) is 1.56. The van der Waals surface area contributed by atoms with Gasteiger partial charge in [0, 0.05) is 18.8 Å². The maximum Gasteiger partial charge on any atom is 0.154 e. The Balaban J connectivity index is 2.51. The summed E-state index contributed by atoms with van der Waals surface area (Å²) in [4.78, 5) is 19.2. The lowest BCUT2D eigenvalue weighted by molar-refractivity contribution is -0.116. The van der Waals surface area contributed by atoms with E-state index in [4.69, 9.17) is 0 Å². The Morgan fingerprint density at radius 2 is 2.43 bits per heavy atom. The summed E-state index contributed by atoms with van der Waals surface area (Å²) in [6, 6.07) is 0. The highest BCUT2D eigenvalue weighted by Crippen LogP contribution is 2.15. The third kappa shape index (κ3) is 1.68. The van der Waals surface area contributed by atoms with Crippen LogP contribution in [-0.2, 0) is 11.2 Å². The van der Waals surface area contributed by atoms with Gasteiger partial charge in [0.15, 0.2) is 5.65 Å². The monoisotopic (exact) mass is 253 g/mol. The number of rotatable bonds is 2. The Hall–Kier alpha value is -1.23. The van der Waals surface area contributed by atoms with Crippen LogP contribution >= 0.6 is 15.9 Å². The molecule has 0 aliphatic carbocycles. The van der Waals surface area contributed by atoms with E-state index in [9.17, 15) is 4.79 Å². The SMILES string of the molecule is CC(=O)Cc1cn2cncc(Br)c2n1. The van der Waals surface area contributed by atoms with E-state index in [0.717, 1.165) is 15.8 Å². The lowest BCUT2D eigenvalue weighted by atomic mass is 10.2. The first-order valence-electron chi connectivity index (χ1n) is 4.13. The first kappa shape index (κ1) is 9.33. The van der Waals surface area contributed by atoms with Gasteiger partial charge in [0.2, 0.25) is 0 Å². The summed E-state index contributed by atoms with van der Waals surface area (Å²) in [5.74, 6) is 0.109.